The Labute approximate surface area is 90.3 Å². The highest BCUT2D eigenvalue weighted by Crippen LogP contribution is 2.40. The van der Waals surface area contributed by atoms with Gasteiger partial charge in [0, 0.05) is 16.7 Å². The van der Waals surface area contributed by atoms with E-state index in [0.717, 1.165) is 0 Å². The minimum absolute atomic E-state index is 0.0506. The molecule has 3 N–H and O–H groups in total. The van der Waals surface area contributed by atoms with Crippen molar-refractivity contribution in [1.82, 2.24) is 0 Å². The third-order valence-corrected chi connectivity index (χ3v) is 2.29. The van der Waals surface area contributed by atoms with E-state index in [4.69, 9.17) is 31.9 Å². The molecule has 0 spiro atoms. The number of nitrogens with two attached hydrogens (primary N) is 1. The number of fused-ring (bicyclic) bond motifs is 1. The van der Waals surface area contributed by atoms with Crippen LogP contribution in [-0.2, 0) is 4.79 Å². The molecule has 0 aromatic heterocycles. The molecule has 1 aromatic carbocycles. The molecule has 80 valence electrons. The van der Waals surface area contributed by atoms with Crippen LogP contribution in [0.2, 0.25) is 5.02 Å². The van der Waals surface area contributed by atoms with Crippen molar-refractivity contribution in [2.45, 2.75) is 6.04 Å². The molecular weight excluding hydrogens is 222 g/mol. The molecule has 2 rings (SSSR count). The summed E-state index contributed by atoms with van der Waals surface area (Å²) in [7, 11) is 0. The van der Waals surface area contributed by atoms with Gasteiger partial charge in [-0.1, -0.05) is 11.6 Å². The van der Waals surface area contributed by atoms with Crippen molar-refractivity contribution in [1.29, 1.82) is 0 Å². The monoisotopic (exact) mass is 229 g/mol. The predicted molar refractivity (Wildman–Crippen MR) is 52.1 cm³/mol. The van der Waals surface area contributed by atoms with Gasteiger partial charge in [0.15, 0.2) is 11.5 Å². The second-order valence-corrected chi connectivity index (χ2v) is 3.48. The van der Waals surface area contributed by atoms with Crippen LogP contribution >= 0.6 is 11.6 Å². The zero-order chi connectivity index (χ0) is 11.0. The lowest BCUT2D eigenvalue weighted by Crippen LogP contribution is -2.21. The lowest BCUT2D eigenvalue weighted by atomic mass is 10.1. The zero-order valence-electron chi connectivity index (χ0n) is 7.57. The van der Waals surface area contributed by atoms with Gasteiger partial charge in [-0.3, -0.25) is 4.79 Å². The number of carbonyl (C=O) groups is 1. The summed E-state index contributed by atoms with van der Waals surface area (Å²) >= 11 is 5.79. The van der Waals surface area contributed by atoms with Gasteiger partial charge in [0.05, 0.1) is 0 Å². The first-order valence-corrected chi connectivity index (χ1v) is 4.55. The fourth-order valence-electron chi connectivity index (χ4n) is 1.37. The Bertz CT molecular complexity index is 421. The second-order valence-electron chi connectivity index (χ2n) is 3.04. The zero-order valence-corrected chi connectivity index (χ0v) is 8.32. The van der Waals surface area contributed by atoms with E-state index < -0.39 is 12.0 Å². The molecule has 0 bridgehead atoms. The van der Waals surface area contributed by atoms with Crippen LogP contribution in [0.5, 0.6) is 11.5 Å². The largest absolute Gasteiger partial charge is 0.480 e. The van der Waals surface area contributed by atoms with E-state index in [0.29, 0.717) is 22.1 Å². The van der Waals surface area contributed by atoms with Gasteiger partial charge in [-0.25, -0.2) is 0 Å². The van der Waals surface area contributed by atoms with E-state index in [2.05, 4.69) is 0 Å². The normalized spacial score (nSPS) is 15.1. The van der Waals surface area contributed by atoms with Gasteiger partial charge in [0.25, 0.3) is 0 Å². The molecule has 0 amide bonds. The summed E-state index contributed by atoms with van der Waals surface area (Å²) in [6.07, 6.45) is 0. The smallest absolute Gasteiger partial charge is 0.325 e. The van der Waals surface area contributed by atoms with Gasteiger partial charge >= 0.3 is 5.97 Å². The topological polar surface area (TPSA) is 81.8 Å². The molecule has 15 heavy (non-hydrogen) atoms. The highest BCUT2D eigenvalue weighted by Gasteiger charge is 2.26. The Morgan fingerprint density at radius 1 is 1.53 bits per heavy atom. The fourth-order valence-corrected chi connectivity index (χ4v) is 1.58. The van der Waals surface area contributed by atoms with E-state index in [1.807, 2.05) is 0 Å². The van der Waals surface area contributed by atoms with E-state index in [1.165, 1.54) is 6.07 Å². The van der Waals surface area contributed by atoms with Crippen LogP contribution in [0.3, 0.4) is 0 Å². The standard InChI is InChI=1S/C9H8ClNO4/c10-4-1-5(7(11)9(12)13)8-6(2-4)14-3-15-8/h1-2,7H,3,11H2,(H,12,13). The average Bonchev–Trinajstić information content (AvgIpc) is 2.62. The van der Waals surface area contributed by atoms with Crippen LogP contribution < -0.4 is 15.2 Å². The Balaban J connectivity index is 2.51. The molecule has 0 saturated heterocycles. The molecular formula is C9H8ClNO4. The Hall–Kier alpha value is -1.46. The van der Waals surface area contributed by atoms with Gasteiger partial charge < -0.3 is 20.3 Å². The highest BCUT2D eigenvalue weighted by molar-refractivity contribution is 6.30. The molecule has 1 aliphatic rings. The van der Waals surface area contributed by atoms with Gasteiger partial charge in [0.1, 0.15) is 6.04 Å². The summed E-state index contributed by atoms with van der Waals surface area (Å²) in [4.78, 5) is 10.7. The number of halogens is 1. The average molecular weight is 230 g/mol. The number of hydrogen-bond acceptors (Lipinski definition) is 4. The van der Waals surface area contributed by atoms with Gasteiger partial charge in [-0.15, -0.1) is 0 Å². The summed E-state index contributed by atoms with van der Waals surface area (Å²) < 4.78 is 10.2. The van der Waals surface area contributed by atoms with Crippen LogP contribution in [0.4, 0.5) is 0 Å². The first-order chi connectivity index (χ1) is 7.09. The van der Waals surface area contributed by atoms with E-state index in [-0.39, 0.29) is 6.79 Å². The quantitative estimate of drug-likeness (QED) is 0.795. The summed E-state index contributed by atoms with van der Waals surface area (Å²) in [5.41, 5.74) is 5.81. The van der Waals surface area contributed by atoms with E-state index >= 15 is 0 Å². The second kappa shape index (κ2) is 3.60. The van der Waals surface area contributed by atoms with Gasteiger partial charge in [-0.2, -0.15) is 0 Å². The molecule has 0 saturated carbocycles. The summed E-state index contributed by atoms with van der Waals surface area (Å²) in [6, 6.07) is 1.86. The highest BCUT2D eigenvalue weighted by atomic mass is 35.5. The summed E-state index contributed by atoms with van der Waals surface area (Å²) in [5.74, 6) is -0.363. The van der Waals surface area contributed by atoms with Gasteiger partial charge in [0.2, 0.25) is 6.79 Å². The maximum atomic E-state index is 10.7. The van der Waals surface area contributed by atoms with Crippen LogP contribution in [-0.4, -0.2) is 17.9 Å². The minimum Gasteiger partial charge on any atom is -0.480 e. The number of aliphatic carboxylic acids is 1. The SMILES string of the molecule is NC(C(=O)O)c1cc(Cl)cc2c1OCO2. The lowest BCUT2D eigenvalue weighted by molar-refractivity contribution is -0.138. The molecule has 0 aliphatic carbocycles. The molecule has 0 fully saturated rings. The maximum absolute atomic E-state index is 10.7. The molecule has 1 unspecified atom stereocenters. The van der Waals surface area contributed by atoms with Crippen molar-refractivity contribution >= 4 is 17.6 Å². The molecule has 1 heterocycles. The van der Waals surface area contributed by atoms with Crippen LogP contribution in [0, 0.1) is 0 Å². The van der Waals surface area contributed by atoms with Crippen LogP contribution in [0.1, 0.15) is 11.6 Å². The van der Waals surface area contributed by atoms with Crippen molar-refractivity contribution in [3.8, 4) is 11.5 Å². The van der Waals surface area contributed by atoms with E-state index in [9.17, 15) is 4.79 Å². The number of carboxylic acid groups (broad SMARTS) is 1. The molecule has 6 heteroatoms. The minimum atomic E-state index is -1.17. The van der Waals surface area contributed by atoms with Crippen molar-refractivity contribution in [3.05, 3.63) is 22.7 Å². The summed E-state index contributed by atoms with van der Waals surface area (Å²) in [5, 5.41) is 9.16. The Morgan fingerprint density at radius 3 is 2.93 bits per heavy atom. The van der Waals surface area contributed by atoms with Crippen molar-refractivity contribution in [2.75, 3.05) is 6.79 Å². The van der Waals surface area contributed by atoms with E-state index in [1.54, 1.807) is 6.07 Å². The third kappa shape index (κ3) is 1.71. The molecule has 0 radical (unpaired) electrons. The molecule has 1 aliphatic heterocycles. The predicted octanol–water partition coefficient (Wildman–Crippen LogP) is 1.15. The number of benzene rings is 1. The van der Waals surface area contributed by atoms with Crippen LogP contribution in [0.25, 0.3) is 0 Å². The number of hydrogen-bond donors (Lipinski definition) is 2. The number of carboxylic acids is 1. The number of rotatable bonds is 2. The number of ether oxygens (including phenoxy) is 2. The Morgan fingerprint density at radius 2 is 2.27 bits per heavy atom. The van der Waals surface area contributed by atoms with Gasteiger partial charge in [-0.05, 0) is 6.07 Å². The van der Waals surface area contributed by atoms with Crippen molar-refractivity contribution in [3.63, 3.8) is 0 Å². The molecule has 1 atom stereocenters. The fraction of sp³-hybridized carbons (Fsp3) is 0.222. The molecule has 1 aromatic rings. The Kier molecular flexibility index (Phi) is 2.42. The lowest BCUT2D eigenvalue weighted by Gasteiger charge is -2.10. The van der Waals surface area contributed by atoms with Crippen molar-refractivity contribution in [2.24, 2.45) is 5.73 Å². The van der Waals surface area contributed by atoms with Crippen LogP contribution in [0.15, 0.2) is 12.1 Å². The molecule has 5 nitrogen and oxygen atoms in total. The summed E-state index contributed by atoms with van der Waals surface area (Å²) in [6.45, 7) is 0.0506. The third-order valence-electron chi connectivity index (χ3n) is 2.07. The first kappa shape index (κ1) is 10.1. The van der Waals surface area contributed by atoms with Crippen molar-refractivity contribution < 1.29 is 19.4 Å². The maximum Gasteiger partial charge on any atom is 0.325 e. The first-order valence-electron chi connectivity index (χ1n) is 4.17.